The number of carbonyl (C=O) groups excluding carboxylic acids is 2. The second-order valence-corrected chi connectivity index (χ2v) is 4.81. The Kier molecular flexibility index (Phi) is 4.16. The Labute approximate surface area is 113 Å². The van der Waals surface area contributed by atoms with Crippen LogP contribution in [-0.4, -0.2) is 42.9 Å². The van der Waals surface area contributed by atoms with Crippen LogP contribution in [0.15, 0.2) is 18.2 Å². The van der Waals surface area contributed by atoms with Gasteiger partial charge < -0.3 is 15.5 Å². The van der Waals surface area contributed by atoms with Crippen molar-refractivity contribution in [2.75, 3.05) is 31.5 Å². The van der Waals surface area contributed by atoms with Gasteiger partial charge in [-0.25, -0.2) is 0 Å². The van der Waals surface area contributed by atoms with Crippen molar-refractivity contribution in [3.05, 3.63) is 29.3 Å². The molecule has 2 amide bonds. The van der Waals surface area contributed by atoms with Crippen molar-refractivity contribution in [2.24, 2.45) is 0 Å². The number of piperazine rings is 1. The van der Waals surface area contributed by atoms with Gasteiger partial charge in [0, 0.05) is 31.9 Å². The van der Waals surface area contributed by atoms with Gasteiger partial charge in [0.25, 0.3) is 0 Å². The van der Waals surface area contributed by atoms with Gasteiger partial charge in [0.05, 0.1) is 0 Å². The molecular formula is C14H19N3O2. The predicted molar refractivity (Wildman–Crippen MR) is 74.0 cm³/mol. The quantitative estimate of drug-likeness (QED) is 0.731. The molecule has 1 heterocycles. The van der Waals surface area contributed by atoms with E-state index in [1.54, 1.807) is 4.90 Å². The molecule has 5 nitrogen and oxygen atoms in total. The minimum atomic E-state index is -0.560. The van der Waals surface area contributed by atoms with E-state index in [0.717, 1.165) is 24.2 Å². The summed E-state index contributed by atoms with van der Waals surface area (Å²) in [6.07, 6.45) is 0. The maximum absolute atomic E-state index is 12.0. The fraction of sp³-hybridized carbons (Fsp3) is 0.429. The molecule has 1 aliphatic rings. The molecule has 1 aliphatic heterocycles. The van der Waals surface area contributed by atoms with Crippen LogP contribution in [0, 0.1) is 13.8 Å². The van der Waals surface area contributed by atoms with Gasteiger partial charge >= 0.3 is 11.8 Å². The van der Waals surface area contributed by atoms with Crippen LogP contribution >= 0.6 is 0 Å². The number of carbonyl (C=O) groups is 2. The molecular weight excluding hydrogens is 242 g/mol. The fourth-order valence-electron chi connectivity index (χ4n) is 2.06. The molecule has 2 rings (SSSR count). The van der Waals surface area contributed by atoms with E-state index in [-0.39, 0.29) is 0 Å². The summed E-state index contributed by atoms with van der Waals surface area (Å²) in [5, 5.41) is 5.85. The second-order valence-electron chi connectivity index (χ2n) is 4.81. The lowest BCUT2D eigenvalue weighted by molar-refractivity contribution is -0.143. The SMILES string of the molecule is Cc1ccc(C)c(NC(=O)C(=O)N2CCNCC2)c1. The van der Waals surface area contributed by atoms with Crippen molar-refractivity contribution in [2.45, 2.75) is 13.8 Å². The maximum atomic E-state index is 12.0. The highest BCUT2D eigenvalue weighted by molar-refractivity contribution is 6.39. The average molecular weight is 261 g/mol. The number of aryl methyl sites for hydroxylation is 2. The van der Waals surface area contributed by atoms with Crippen molar-refractivity contribution in [1.29, 1.82) is 0 Å². The largest absolute Gasteiger partial charge is 0.332 e. The molecule has 19 heavy (non-hydrogen) atoms. The Morgan fingerprint density at radius 1 is 1.21 bits per heavy atom. The number of hydrogen-bond acceptors (Lipinski definition) is 3. The summed E-state index contributed by atoms with van der Waals surface area (Å²) in [5.74, 6) is -1.02. The lowest BCUT2D eigenvalue weighted by Gasteiger charge is -2.26. The number of rotatable bonds is 1. The summed E-state index contributed by atoms with van der Waals surface area (Å²) in [6, 6.07) is 5.78. The minimum Gasteiger partial charge on any atom is -0.332 e. The normalized spacial score (nSPS) is 15.2. The summed E-state index contributed by atoms with van der Waals surface area (Å²) < 4.78 is 0. The molecule has 1 saturated heterocycles. The average Bonchev–Trinajstić information content (AvgIpc) is 2.43. The van der Waals surface area contributed by atoms with Crippen LogP contribution in [0.1, 0.15) is 11.1 Å². The maximum Gasteiger partial charge on any atom is 0.313 e. The summed E-state index contributed by atoms with van der Waals surface area (Å²) in [5.41, 5.74) is 2.70. The minimum absolute atomic E-state index is 0.456. The molecule has 1 aromatic rings. The number of amides is 2. The summed E-state index contributed by atoms with van der Waals surface area (Å²) in [7, 11) is 0. The first-order valence-electron chi connectivity index (χ1n) is 6.46. The van der Waals surface area contributed by atoms with E-state index in [0.29, 0.717) is 18.8 Å². The molecule has 0 aromatic heterocycles. The Balaban J connectivity index is 2.03. The molecule has 0 saturated carbocycles. The van der Waals surface area contributed by atoms with Gasteiger partial charge in [-0.1, -0.05) is 12.1 Å². The molecule has 5 heteroatoms. The van der Waals surface area contributed by atoms with Crippen LogP contribution in [0.3, 0.4) is 0 Å². The zero-order valence-electron chi connectivity index (χ0n) is 11.3. The highest BCUT2D eigenvalue weighted by Crippen LogP contribution is 2.16. The highest BCUT2D eigenvalue weighted by Gasteiger charge is 2.23. The van der Waals surface area contributed by atoms with E-state index in [4.69, 9.17) is 0 Å². The third kappa shape index (κ3) is 3.32. The van der Waals surface area contributed by atoms with E-state index in [2.05, 4.69) is 10.6 Å². The van der Waals surface area contributed by atoms with Gasteiger partial charge in [0.15, 0.2) is 0 Å². The monoisotopic (exact) mass is 261 g/mol. The molecule has 1 aromatic carbocycles. The van der Waals surface area contributed by atoms with Crippen LogP contribution < -0.4 is 10.6 Å². The number of nitrogens with one attached hydrogen (secondary N) is 2. The van der Waals surface area contributed by atoms with E-state index in [1.165, 1.54) is 0 Å². The van der Waals surface area contributed by atoms with Gasteiger partial charge in [-0.3, -0.25) is 9.59 Å². The van der Waals surface area contributed by atoms with Gasteiger partial charge in [-0.15, -0.1) is 0 Å². The summed E-state index contributed by atoms with van der Waals surface area (Å²) >= 11 is 0. The van der Waals surface area contributed by atoms with E-state index in [9.17, 15) is 9.59 Å². The highest BCUT2D eigenvalue weighted by atomic mass is 16.2. The Hall–Kier alpha value is -1.88. The smallest absolute Gasteiger partial charge is 0.313 e. The lowest BCUT2D eigenvalue weighted by atomic mass is 10.1. The van der Waals surface area contributed by atoms with Crippen molar-refractivity contribution in [3.8, 4) is 0 Å². The first-order chi connectivity index (χ1) is 9.08. The van der Waals surface area contributed by atoms with E-state index in [1.807, 2.05) is 32.0 Å². The van der Waals surface area contributed by atoms with Crippen LogP contribution in [-0.2, 0) is 9.59 Å². The third-order valence-corrected chi connectivity index (χ3v) is 3.24. The first kappa shape index (κ1) is 13.5. The molecule has 0 atom stereocenters. The zero-order chi connectivity index (χ0) is 13.8. The zero-order valence-corrected chi connectivity index (χ0v) is 11.3. The molecule has 0 spiro atoms. The molecule has 0 radical (unpaired) electrons. The third-order valence-electron chi connectivity index (χ3n) is 3.24. The number of nitrogens with zero attached hydrogens (tertiary/aromatic N) is 1. The van der Waals surface area contributed by atoms with Crippen molar-refractivity contribution >= 4 is 17.5 Å². The molecule has 0 aliphatic carbocycles. The standard InChI is InChI=1S/C14H19N3O2/c1-10-3-4-11(2)12(9-10)16-13(18)14(19)17-7-5-15-6-8-17/h3-4,9,15H,5-8H2,1-2H3,(H,16,18). The van der Waals surface area contributed by atoms with Gasteiger partial charge in [-0.05, 0) is 31.0 Å². The molecule has 0 bridgehead atoms. The summed E-state index contributed by atoms with van der Waals surface area (Å²) in [6.45, 7) is 6.50. The van der Waals surface area contributed by atoms with Gasteiger partial charge in [0.1, 0.15) is 0 Å². The number of hydrogen-bond donors (Lipinski definition) is 2. The van der Waals surface area contributed by atoms with Crippen LogP contribution in [0.5, 0.6) is 0 Å². The Bertz CT molecular complexity index is 493. The fourth-order valence-corrected chi connectivity index (χ4v) is 2.06. The van der Waals surface area contributed by atoms with E-state index >= 15 is 0 Å². The first-order valence-corrected chi connectivity index (χ1v) is 6.46. The topological polar surface area (TPSA) is 61.4 Å². The summed E-state index contributed by atoms with van der Waals surface area (Å²) in [4.78, 5) is 25.5. The second kappa shape index (κ2) is 5.84. The predicted octanol–water partition coefficient (Wildman–Crippen LogP) is 0.674. The van der Waals surface area contributed by atoms with E-state index < -0.39 is 11.8 Å². The molecule has 0 unspecified atom stereocenters. The molecule has 2 N–H and O–H groups in total. The van der Waals surface area contributed by atoms with Crippen LogP contribution in [0.4, 0.5) is 5.69 Å². The number of benzene rings is 1. The Morgan fingerprint density at radius 2 is 1.89 bits per heavy atom. The molecule has 102 valence electrons. The number of anilines is 1. The van der Waals surface area contributed by atoms with Crippen LogP contribution in [0.25, 0.3) is 0 Å². The van der Waals surface area contributed by atoms with Crippen molar-refractivity contribution in [3.63, 3.8) is 0 Å². The Morgan fingerprint density at radius 3 is 2.58 bits per heavy atom. The lowest BCUT2D eigenvalue weighted by Crippen LogP contribution is -2.49. The van der Waals surface area contributed by atoms with Gasteiger partial charge in [-0.2, -0.15) is 0 Å². The van der Waals surface area contributed by atoms with Crippen molar-refractivity contribution < 1.29 is 9.59 Å². The van der Waals surface area contributed by atoms with Crippen molar-refractivity contribution in [1.82, 2.24) is 10.2 Å². The molecule has 1 fully saturated rings. The van der Waals surface area contributed by atoms with Gasteiger partial charge in [0.2, 0.25) is 0 Å². The van der Waals surface area contributed by atoms with Crippen LogP contribution in [0.2, 0.25) is 0 Å².